The number of amides is 1. The van der Waals surface area contributed by atoms with Gasteiger partial charge in [0.1, 0.15) is 12.1 Å². The molecule has 6 nitrogen and oxygen atoms in total. The van der Waals surface area contributed by atoms with Crippen LogP contribution in [0.2, 0.25) is 0 Å². The Kier molecular flexibility index (Phi) is 5.59. The van der Waals surface area contributed by atoms with Crippen LogP contribution in [-0.4, -0.2) is 49.2 Å². The van der Waals surface area contributed by atoms with E-state index in [0.29, 0.717) is 18.7 Å². The van der Waals surface area contributed by atoms with Crippen LogP contribution in [0.25, 0.3) is 10.9 Å². The van der Waals surface area contributed by atoms with Gasteiger partial charge in [0.15, 0.2) is 0 Å². The summed E-state index contributed by atoms with van der Waals surface area (Å²) in [6, 6.07) is 5.63. The molecule has 128 valence electrons. The number of methoxy groups -OCH3 is 1. The molecule has 1 fully saturated rings. The fourth-order valence-electron chi connectivity index (χ4n) is 3.06. The second kappa shape index (κ2) is 8.06. The number of carbonyl (C=O) groups excluding carboxylic acids is 1. The van der Waals surface area contributed by atoms with Crippen molar-refractivity contribution in [3.63, 3.8) is 0 Å². The van der Waals surface area contributed by atoms with Gasteiger partial charge in [0, 0.05) is 44.3 Å². The Labute approximate surface area is 142 Å². The van der Waals surface area contributed by atoms with E-state index in [9.17, 15) is 4.79 Å². The molecule has 1 aliphatic rings. The van der Waals surface area contributed by atoms with Gasteiger partial charge in [0.2, 0.25) is 0 Å². The van der Waals surface area contributed by atoms with Crippen LogP contribution in [0, 0.1) is 0 Å². The topological polar surface area (TPSA) is 67.3 Å². The molecule has 0 aliphatic carbocycles. The van der Waals surface area contributed by atoms with E-state index in [-0.39, 0.29) is 5.91 Å². The van der Waals surface area contributed by atoms with Gasteiger partial charge in [-0.1, -0.05) is 0 Å². The first-order chi connectivity index (χ1) is 11.8. The number of anilines is 1. The molecule has 0 radical (unpaired) electrons. The number of fused-ring (bicyclic) bond motifs is 1. The first-order valence-corrected chi connectivity index (χ1v) is 8.56. The largest absolute Gasteiger partial charge is 0.385 e. The number of rotatable bonds is 6. The highest BCUT2D eigenvalue weighted by molar-refractivity contribution is 6.00. The number of ether oxygens (including phenoxy) is 1. The van der Waals surface area contributed by atoms with Crippen molar-refractivity contribution < 1.29 is 9.53 Å². The molecule has 0 spiro atoms. The molecule has 0 saturated carbocycles. The third-order valence-corrected chi connectivity index (χ3v) is 4.34. The van der Waals surface area contributed by atoms with Crippen LogP contribution >= 0.6 is 0 Å². The second-order valence-electron chi connectivity index (χ2n) is 6.08. The lowest BCUT2D eigenvalue weighted by atomic mass is 10.1. The quantitative estimate of drug-likeness (QED) is 0.825. The Hall–Kier alpha value is -2.21. The van der Waals surface area contributed by atoms with Crippen LogP contribution in [0.5, 0.6) is 0 Å². The van der Waals surface area contributed by atoms with Gasteiger partial charge in [0.25, 0.3) is 5.91 Å². The number of nitrogens with one attached hydrogen (secondary N) is 1. The van der Waals surface area contributed by atoms with Crippen molar-refractivity contribution in [2.24, 2.45) is 0 Å². The van der Waals surface area contributed by atoms with E-state index < -0.39 is 0 Å². The highest BCUT2D eigenvalue weighted by atomic mass is 16.5. The van der Waals surface area contributed by atoms with E-state index in [2.05, 4.69) is 20.2 Å². The Morgan fingerprint density at radius 2 is 2.08 bits per heavy atom. The molecule has 2 aromatic rings. The van der Waals surface area contributed by atoms with Gasteiger partial charge in [-0.25, -0.2) is 9.97 Å². The first kappa shape index (κ1) is 16.6. The van der Waals surface area contributed by atoms with Gasteiger partial charge in [-0.05, 0) is 43.9 Å². The zero-order chi connectivity index (χ0) is 16.8. The minimum atomic E-state index is -0.0681. The zero-order valence-electron chi connectivity index (χ0n) is 14.1. The lowest BCUT2D eigenvalue weighted by Gasteiger charge is -2.28. The Morgan fingerprint density at radius 1 is 1.25 bits per heavy atom. The van der Waals surface area contributed by atoms with Crippen LogP contribution in [0.15, 0.2) is 24.5 Å². The van der Waals surface area contributed by atoms with E-state index in [4.69, 9.17) is 4.74 Å². The van der Waals surface area contributed by atoms with Gasteiger partial charge < -0.3 is 15.0 Å². The van der Waals surface area contributed by atoms with E-state index in [1.807, 2.05) is 18.2 Å². The third-order valence-electron chi connectivity index (χ3n) is 4.34. The number of aromatic nitrogens is 2. The molecule has 24 heavy (non-hydrogen) atoms. The average Bonchev–Trinajstić information content (AvgIpc) is 2.65. The van der Waals surface area contributed by atoms with Gasteiger partial charge in [-0.3, -0.25) is 4.79 Å². The zero-order valence-corrected chi connectivity index (χ0v) is 14.1. The number of carbonyl (C=O) groups is 1. The van der Waals surface area contributed by atoms with Gasteiger partial charge in [-0.15, -0.1) is 0 Å². The van der Waals surface area contributed by atoms with E-state index in [1.54, 1.807) is 13.4 Å². The summed E-state index contributed by atoms with van der Waals surface area (Å²) >= 11 is 0. The van der Waals surface area contributed by atoms with Crippen molar-refractivity contribution in [3.8, 4) is 0 Å². The molecule has 0 bridgehead atoms. The summed E-state index contributed by atoms with van der Waals surface area (Å²) < 4.78 is 5.00. The maximum Gasteiger partial charge on any atom is 0.251 e. The average molecular weight is 328 g/mol. The minimum Gasteiger partial charge on any atom is -0.385 e. The van der Waals surface area contributed by atoms with Gasteiger partial charge in [0.05, 0.1) is 5.52 Å². The second-order valence-corrected chi connectivity index (χ2v) is 6.08. The number of piperidine rings is 1. The maximum absolute atomic E-state index is 12.3. The summed E-state index contributed by atoms with van der Waals surface area (Å²) in [4.78, 5) is 23.5. The Balaban J connectivity index is 1.82. The molecular weight excluding hydrogens is 304 g/mol. The molecule has 1 aromatic heterocycles. The number of hydrogen-bond donors (Lipinski definition) is 1. The van der Waals surface area contributed by atoms with Crippen molar-refractivity contribution in [1.29, 1.82) is 0 Å². The van der Waals surface area contributed by atoms with Gasteiger partial charge >= 0.3 is 0 Å². The standard InChI is InChI=1S/C18H24N4O2/c1-24-11-5-8-19-18(23)14-6-7-16-15(12-14)17(21-13-20-16)22-9-3-2-4-10-22/h6-7,12-13H,2-5,8-11H2,1H3,(H,19,23). The Bertz CT molecular complexity index is 698. The highest BCUT2D eigenvalue weighted by Gasteiger charge is 2.16. The molecule has 6 heteroatoms. The molecule has 2 heterocycles. The molecule has 1 aromatic carbocycles. The van der Waals surface area contributed by atoms with Crippen LogP contribution in [0.3, 0.4) is 0 Å². The van der Waals surface area contributed by atoms with Crippen LogP contribution < -0.4 is 10.2 Å². The third kappa shape index (κ3) is 3.82. The molecule has 0 unspecified atom stereocenters. The lowest BCUT2D eigenvalue weighted by Crippen LogP contribution is -2.30. The lowest BCUT2D eigenvalue weighted by molar-refractivity contribution is 0.0949. The predicted molar refractivity (Wildman–Crippen MR) is 94.4 cm³/mol. The van der Waals surface area contributed by atoms with Crippen LogP contribution in [-0.2, 0) is 4.74 Å². The van der Waals surface area contributed by atoms with Crippen molar-refractivity contribution >= 4 is 22.6 Å². The monoisotopic (exact) mass is 328 g/mol. The number of hydrogen-bond acceptors (Lipinski definition) is 5. The summed E-state index contributed by atoms with van der Waals surface area (Å²) in [6.07, 6.45) is 6.06. The van der Waals surface area contributed by atoms with E-state index in [1.165, 1.54) is 19.3 Å². The predicted octanol–water partition coefficient (Wildman–Crippen LogP) is 2.39. The summed E-state index contributed by atoms with van der Waals surface area (Å²) in [5, 5.41) is 3.87. The number of benzene rings is 1. The van der Waals surface area contributed by atoms with Gasteiger partial charge in [-0.2, -0.15) is 0 Å². The number of nitrogens with zero attached hydrogens (tertiary/aromatic N) is 3. The molecule has 1 N–H and O–H groups in total. The Morgan fingerprint density at radius 3 is 2.88 bits per heavy atom. The van der Waals surface area contributed by atoms with Crippen LogP contribution in [0.1, 0.15) is 36.0 Å². The first-order valence-electron chi connectivity index (χ1n) is 8.56. The summed E-state index contributed by atoms with van der Waals surface area (Å²) in [5.74, 6) is 0.871. The minimum absolute atomic E-state index is 0.0681. The fourth-order valence-corrected chi connectivity index (χ4v) is 3.06. The van der Waals surface area contributed by atoms with Crippen LogP contribution in [0.4, 0.5) is 5.82 Å². The molecule has 1 saturated heterocycles. The molecule has 3 rings (SSSR count). The fraction of sp³-hybridized carbons (Fsp3) is 0.500. The van der Waals surface area contributed by atoms with Crippen molar-refractivity contribution in [2.75, 3.05) is 38.3 Å². The molecule has 1 amide bonds. The van der Waals surface area contributed by atoms with Crippen molar-refractivity contribution in [3.05, 3.63) is 30.1 Å². The normalized spacial score (nSPS) is 14.8. The van der Waals surface area contributed by atoms with Crippen molar-refractivity contribution in [2.45, 2.75) is 25.7 Å². The highest BCUT2D eigenvalue weighted by Crippen LogP contribution is 2.26. The summed E-state index contributed by atoms with van der Waals surface area (Å²) in [7, 11) is 1.66. The van der Waals surface area contributed by atoms with Crippen molar-refractivity contribution in [1.82, 2.24) is 15.3 Å². The SMILES string of the molecule is COCCCNC(=O)c1ccc2ncnc(N3CCCCC3)c2c1. The smallest absolute Gasteiger partial charge is 0.251 e. The summed E-state index contributed by atoms with van der Waals surface area (Å²) in [5.41, 5.74) is 1.52. The maximum atomic E-state index is 12.3. The molecule has 0 atom stereocenters. The summed E-state index contributed by atoms with van der Waals surface area (Å²) in [6.45, 7) is 3.28. The molecular formula is C18H24N4O2. The van der Waals surface area contributed by atoms with E-state index >= 15 is 0 Å². The van der Waals surface area contributed by atoms with E-state index in [0.717, 1.165) is 36.2 Å². The molecule has 1 aliphatic heterocycles.